The molecular formula is C13H19NO4. The Balaban J connectivity index is 3.01. The zero-order valence-corrected chi connectivity index (χ0v) is 10.9. The van der Waals surface area contributed by atoms with Crippen LogP contribution < -0.4 is 15.2 Å². The molecule has 0 spiro atoms. The van der Waals surface area contributed by atoms with Crippen LogP contribution in [0.5, 0.6) is 11.5 Å². The quantitative estimate of drug-likeness (QED) is 0.801. The van der Waals surface area contributed by atoms with Crippen LogP contribution in [-0.4, -0.2) is 30.8 Å². The van der Waals surface area contributed by atoms with Gasteiger partial charge in [0.05, 0.1) is 14.2 Å². The molecule has 5 heteroatoms. The fourth-order valence-corrected chi connectivity index (χ4v) is 1.71. The van der Waals surface area contributed by atoms with Crippen LogP contribution in [0.3, 0.4) is 0 Å². The number of carbonyl (C=O) groups is 1. The topological polar surface area (TPSA) is 81.8 Å². The highest BCUT2D eigenvalue weighted by Crippen LogP contribution is 2.29. The Hall–Kier alpha value is -1.75. The monoisotopic (exact) mass is 253 g/mol. The van der Waals surface area contributed by atoms with Crippen molar-refractivity contribution in [1.29, 1.82) is 0 Å². The van der Waals surface area contributed by atoms with Crippen LogP contribution in [0.1, 0.15) is 18.9 Å². The molecule has 0 saturated heterocycles. The summed E-state index contributed by atoms with van der Waals surface area (Å²) >= 11 is 0. The highest BCUT2D eigenvalue weighted by Gasteiger charge is 2.32. The first-order valence-corrected chi connectivity index (χ1v) is 5.70. The van der Waals surface area contributed by atoms with Gasteiger partial charge in [-0.25, -0.2) is 0 Å². The molecule has 5 nitrogen and oxygen atoms in total. The number of hydrogen-bond acceptors (Lipinski definition) is 4. The van der Waals surface area contributed by atoms with Gasteiger partial charge in [-0.1, -0.05) is 13.0 Å². The number of carboxylic acids is 1. The first-order chi connectivity index (χ1) is 8.46. The average Bonchev–Trinajstić information content (AvgIpc) is 2.38. The Bertz CT molecular complexity index is 433. The SMILES string of the molecule is CC[C@](N)(Cc1ccc(OC)c(OC)c1)C(=O)O. The van der Waals surface area contributed by atoms with Gasteiger partial charge in [-0.3, -0.25) is 4.79 Å². The molecule has 100 valence electrons. The smallest absolute Gasteiger partial charge is 0.324 e. The molecule has 1 atom stereocenters. The summed E-state index contributed by atoms with van der Waals surface area (Å²) in [5.41, 5.74) is 5.42. The van der Waals surface area contributed by atoms with Gasteiger partial charge in [-0.05, 0) is 24.1 Å². The van der Waals surface area contributed by atoms with Gasteiger partial charge in [0.1, 0.15) is 5.54 Å². The van der Waals surface area contributed by atoms with Crippen molar-refractivity contribution in [2.75, 3.05) is 14.2 Å². The molecule has 0 amide bonds. The Labute approximate surface area is 107 Å². The minimum atomic E-state index is -1.25. The number of methoxy groups -OCH3 is 2. The van der Waals surface area contributed by atoms with E-state index in [1.807, 2.05) is 0 Å². The van der Waals surface area contributed by atoms with Crippen molar-refractivity contribution in [3.05, 3.63) is 23.8 Å². The van der Waals surface area contributed by atoms with Crippen molar-refractivity contribution >= 4 is 5.97 Å². The van der Waals surface area contributed by atoms with Gasteiger partial charge >= 0.3 is 5.97 Å². The highest BCUT2D eigenvalue weighted by molar-refractivity contribution is 5.78. The fraction of sp³-hybridized carbons (Fsp3) is 0.462. The summed E-state index contributed by atoms with van der Waals surface area (Å²) in [5, 5.41) is 9.14. The maximum absolute atomic E-state index is 11.2. The van der Waals surface area contributed by atoms with E-state index in [0.29, 0.717) is 17.9 Å². The number of ether oxygens (including phenoxy) is 2. The van der Waals surface area contributed by atoms with Crippen LogP contribution in [-0.2, 0) is 11.2 Å². The van der Waals surface area contributed by atoms with Crippen LogP contribution >= 0.6 is 0 Å². The third kappa shape index (κ3) is 2.92. The summed E-state index contributed by atoms with van der Waals surface area (Å²) in [5.74, 6) is 0.175. The van der Waals surface area contributed by atoms with Gasteiger partial charge in [0.2, 0.25) is 0 Å². The maximum Gasteiger partial charge on any atom is 0.324 e. The Morgan fingerprint density at radius 2 is 1.94 bits per heavy atom. The van der Waals surface area contributed by atoms with E-state index in [1.54, 1.807) is 32.2 Å². The molecule has 0 aliphatic rings. The Morgan fingerprint density at radius 3 is 2.39 bits per heavy atom. The van der Waals surface area contributed by atoms with Crippen molar-refractivity contribution < 1.29 is 19.4 Å². The summed E-state index contributed by atoms with van der Waals surface area (Å²) in [6.45, 7) is 1.76. The second kappa shape index (κ2) is 5.73. The first-order valence-electron chi connectivity index (χ1n) is 5.70. The van der Waals surface area contributed by atoms with E-state index < -0.39 is 11.5 Å². The van der Waals surface area contributed by atoms with Gasteiger partial charge in [0, 0.05) is 6.42 Å². The van der Waals surface area contributed by atoms with Gasteiger partial charge < -0.3 is 20.3 Å². The van der Waals surface area contributed by atoms with E-state index in [1.165, 1.54) is 7.11 Å². The van der Waals surface area contributed by atoms with E-state index in [-0.39, 0.29) is 6.42 Å². The van der Waals surface area contributed by atoms with Crippen molar-refractivity contribution in [1.82, 2.24) is 0 Å². The number of hydrogen-bond donors (Lipinski definition) is 2. The second-order valence-electron chi connectivity index (χ2n) is 4.18. The summed E-state index contributed by atoms with van der Waals surface area (Å²) in [4.78, 5) is 11.2. The Kier molecular flexibility index (Phi) is 4.55. The predicted molar refractivity (Wildman–Crippen MR) is 68.1 cm³/mol. The number of aliphatic carboxylic acids is 1. The number of benzene rings is 1. The molecule has 0 fully saturated rings. The molecule has 0 unspecified atom stereocenters. The molecule has 18 heavy (non-hydrogen) atoms. The van der Waals surface area contributed by atoms with E-state index in [2.05, 4.69) is 0 Å². The minimum absolute atomic E-state index is 0.249. The molecule has 0 aliphatic heterocycles. The van der Waals surface area contributed by atoms with Crippen LogP contribution in [0.4, 0.5) is 0 Å². The van der Waals surface area contributed by atoms with Crippen molar-refractivity contribution in [3.8, 4) is 11.5 Å². The largest absolute Gasteiger partial charge is 0.493 e. The molecule has 1 rings (SSSR count). The predicted octanol–water partition coefficient (Wildman–Crippen LogP) is 1.44. The average molecular weight is 253 g/mol. The first kappa shape index (κ1) is 14.3. The second-order valence-corrected chi connectivity index (χ2v) is 4.18. The molecule has 1 aromatic carbocycles. The molecule has 1 aromatic rings. The molecule has 0 bridgehead atoms. The number of nitrogens with two attached hydrogens (primary N) is 1. The lowest BCUT2D eigenvalue weighted by Crippen LogP contribution is -2.49. The third-order valence-electron chi connectivity index (χ3n) is 3.02. The van der Waals surface area contributed by atoms with Crippen LogP contribution in [0.2, 0.25) is 0 Å². The van der Waals surface area contributed by atoms with Gasteiger partial charge in [-0.2, -0.15) is 0 Å². The van der Waals surface area contributed by atoms with Crippen molar-refractivity contribution in [3.63, 3.8) is 0 Å². The third-order valence-corrected chi connectivity index (χ3v) is 3.02. The van der Waals surface area contributed by atoms with Crippen molar-refractivity contribution in [2.24, 2.45) is 5.73 Å². The summed E-state index contributed by atoms with van der Waals surface area (Å²) in [6.07, 6.45) is 0.607. The molecule has 0 heterocycles. The highest BCUT2D eigenvalue weighted by atomic mass is 16.5. The van der Waals surface area contributed by atoms with E-state index in [4.69, 9.17) is 20.3 Å². The van der Waals surface area contributed by atoms with Crippen LogP contribution in [0, 0.1) is 0 Å². The normalized spacial score (nSPS) is 13.8. The van der Waals surface area contributed by atoms with E-state index >= 15 is 0 Å². The lowest BCUT2D eigenvalue weighted by molar-refractivity contribution is -0.143. The lowest BCUT2D eigenvalue weighted by Gasteiger charge is -2.23. The fourth-order valence-electron chi connectivity index (χ4n) is 1.71. The molecule has 3 N–H and O–H groups in total. The number of rotatable bonds is 6. The van der Waals surface area contributed by atoms with E-state index in [9.17, 15) is 4.79 Å². The summed E-state index contributed by atoms with van der Waals surface area (Å²) in [7, 11) is 3.09. The summed E-state index contributed by atoms with van der Waals surface area (Å²) in [6, 6.07) is 5.28. The molecular weight excluding hydrogens is 234 g/mol. The lowest BCUT2D eigenvalue weighted by atomic mass is 9.89. The molecule has 0 aromatic heterocycles. The van der Waals surface area contributed by atoms with Crippen LogP contribution in [0.15, 0.2) is 18.2 Å². The minimum Gasteiger partial charge on any atom is -0.493 e. The molecule has 0 aliphatic carbocycles. The maximum atomic E-state index is 11.2. The standard InChI is InChI=1S/C13H19NO4/c1-4-13(14,12(15)16)8-9-5-6-10(17-2)11(7-9)18-3/h5-7H,4,8,14H2,1-3H3,(H,15,16)/t13-/m0/s1. The molecule has 0 saturated carbocycles. The summed E-state index contributed by atoms with van der Waals surface area (Å²) < 4.78 is 10.3. The van der Waals surface area contributed by atoms with Crippen LogP contribution in [0.25, 0.3) is 0 Å². The van der Waals surface area contributed by atoms with Crippen molar-refractivity contribution in [2.45, 2.75) is 25.3 Å². The molecule has 0 radical (unpaired) electrons. The number of carboxylic acid groups (broad SMARTS) is 1. The zero-order chi connectivity index (χ0) is 13.8. The van der Waals surface area contributed by atoms with E-state index in [0.717, 1.165) is 5.56 Å². The van der Waals surface area contributed by atoms with Gasteiger partial charge in [0.15, 0.2) is 11.5 Å². The zero-order valence-electron chi connectivity index (χ0n) is 10.9. The van der Waals surface area contributed by atoms with Gasteiger partial charge in [-0.15, -0.1) is 0 Å². The van der Waals surface area contributed by atoms with Gasteiger partial charge in [0.25, 0.3) is 0 Å². The Morgan fingerprint density at radius 1 is 1.33 bits per heavy atom.